The van der Waals surface area contributed by atoms with E-state index in [4.69, 9.17) is 16.6 Å². The van der Waals surface area contributed by atoms with Crippen molar-refractivity contribution in [3.8, 4) is 0 Å². The second-order valence-corrected chi connectivity index (χ2v) is 12.1. The van der Waals surface area contributed by atoms with Crippen LogP contribution in [0.1, 0.15) is 41.9 Å². The third-order valence-corrected chi connectivity index (χ3v) is 8.84. The second-order valence-electron chi connectivity index (χ2n) is 10.5. The lowest BCUT2D eigenvalue weighted by Crippen LogP contribution is -2.33. The van der Waals surface area contributed by atoms with Crippen LogP contribution in [0.2, 0.25) is 5.02 Å². The number of fused-ring (bicyclic) bond motifs is 2. The molecule has 0 fully saturated rings. The van der Waals surface area contributed by atoms with Crippen molar-refractivity contribution in [1.29, 1.82) is 0 Å². The molecule has 1 amide bonds. The Kier molecular flexibility index (Phi) is 8.63. The number of hydrogen-bond acceptors (Lipinski definition) is 3. The molecule has 6 rings (SSSR count). The largest absolute Gasteiger partial charge is 0.361 e. The van der Waals surface area contributed by atoms with Crippen molar-refractivity contribution in [2.24, 2.45) is 0 Å². The number of thioether (sulfide) groups is 1. The van der Waals surface area contributed by atoms with Crippen molar-refractivity contribution in [2.75, 3.05) is 5.75 Å². The normalized spacial score (nSPS) is 12.1. The van der Waals surface area contributed by atoms with E-state index in [1.54, 1.807) is 0 Å². The van der Waals surface area contributed by atoms with Crippen LogP contribution in [-0.2, 0) is 24.2 Å². The number of aromatic nitrogens is 3. The van der Waals surface area contributed by atoms with Crippen LogP contribution in [-0.4, -0.2) is 26.2 Å². The molecule has 1 atom stereocenters. The van der Waals surface area contributed by atoms with Crippen molar-refractivity contribution in [1.82, 2.24) is 19.9 Å². The summed E-state index contributed by atoms with van der Waals surface area (Å²) in [6, 6.07) is 32.2. The van der Waals surface area contributed by atoms with Crippen LogP contribution in [0.4, 0.5) is 0 Å². The number of H-pyrrole nitrogens is 1. The zero-order valence-corrected chi connectivity index (χ0v) is 25.1. The monoisotopic (exact) mass is 592 g/mol. The predicted octanol–water partition coefficient (Wildman–Crippen LogP) is 8.36. The van der Waals surface area contributed by atoms with Crippen LogP contribution < -0.4 is 5.32 Å². The molecule has 4 aromatic carbocycles. The quantitative estimate of drug-likeness (QED) is 0.149. The van der Waals surface area contributed by atoms with Crippen molar-refractivity contribution in [3.05, 3.63) is 131 Å². The van der Waals surface area contributed by atoms with E-state index in [2.05, 4.69) is 58.2 Å². The van der Waals surface area contributed by atoms with Crippen LogP contribution in [0, 0.1) is 0 Å². The number of carbonyl (C=O) groups excluding carboxylic acids is 1. The number of nitrogens with one attached hydrogen (secondary N) is 2. The van der Waals surface area contributed by atoms with Gasteiger partial charge in [0.05, 0.1) is 23.5 Å². The Balaban J connectivity index is 1.44. The van der Waals surface area contributed by atoms with Gasteiger partial charge in [0.15, 0.2) is 0 Å². The number of benzene rings is 4. The van der Waals surface area contributed by atoms with Gasteiger partial charge >= 0.3 is 0 Å². The first-order chi connectivity index (χ1) is 20.6. The van der Waals surface area contributed by atoms with Crippen LogP contribution in [0.3, 0.4) is 0 Å². The maximum absolute atomic E-state index is 13.5. The number of imidazole rings is 1. The minimum Gasteiger partial charge on any atom is -0.361 e. The van der Waals surface area contributed by atoms with E-state index in [1.807, 2.05) is 78.6 Å². The highest BCUT2D eigenvalue weighted by molar-refractivity contribution is 7.99. The number of hydrogen-bond donors (Lipinski definition) is 2. The van der Waals surface area contributed by atoms with Gasteiger partial charge in [-0.25, -0.2) is 4.98 Å². The lowest BCUT2D eigenvalue weighted by molar-refractivity contribution is -0.121. The number of rotatable bonds is 11. The van der Waals surface area contributed by atoms with E-state index in [0.29, 0.717) is 24.4 Å². The van der Waals surface area contributed by atoms with Crippen molar-refractivity contribution in [2.45, 2.75) is 43.7 Å². The Labute approximate surface area is 255 Å². The second kappa shape index (κ2) is 12.9. The first kappa shape index (κ1) is 28.1. The molecule has 0 bridgehead atoms. The molecule has 5 nitrogen and oxygen atoms in total. The molecule has 0 spiro atoms. The Morgan fingerprint density at radius 1 is 0.976 bits per heavy atom. The van der Waals surface area contributed by atoms with Gasteiger partial charge < -0.3 is 14.9 Å². The topological polar surface area (TPSA) is 62.7 Å². The number of carbonyl (C=O) groups is 1. The van der Waals surface area contributed by atoms with E-state index in [0.717, 1.165) is 56.6 Å². The molecule has 212 valence electrons. The summed E-state index contributed by atoms with van der Waals surface area (Å²) in [5.74, 6) is 1.85. The van der Waals surface area contributed by atoms with Crippen LogP contribution in [0.15, 0.2) is 108 Å². The SMILES string of the molecule is CCCSc1ccc2c(c1)nc(C(Cc1c[nH]c3ccccc13)NC(=O)Cc1ccccc1)n2Cc1cccc(Cl)c1. The van der Waals surface area contributed by atoms with Gasteiger partial charge in [-0.1, -0.05) is 79.2 Å². The lowest BCUT2D eigenvalue weighted by Gasteiger charge is -2.21. The van der Waals surface area contributed by atoms with Crippen molar-refractivity contribution >= 4 is 51.2 Å². The maximum atomic E-state index is 13.5. The average Bonchev–Trinajstić information content (AvgIpc) is 3.57. The molecule has 0 saturated carbocycles. The highest BCUT2D eigenvalue weighted by atomic mass is 35.5. The molecule has 7 heteroatoms. The van der Waals surface area contributed by atoms with Crippen molar-refractivity contribution < 1.29 is 4.79 Å². The Morgan fingerprint density at radius 3 is 2.62 bits per heavy atom. The fourth-order valence-electron chi connectivity index (χ4n) is 5.44. The summed E-state index contributed by atoms with van der Waals surface area (Å²) >= 11 is 8.22. The first-order valence-electron chi connectivity index (χ1n) is 14.3. The molecule has 0 aliphatic heterocycles. The Bertz CT molecular complexity index is 1830. The van der Waals surface area contributed by atoms with E-state index in [-0.39, 0.29) is 11.9 Å². The highest BCUT2D eigenvalue weighted by Gasteiger charge is 2.24. The van der Waals surface area contributed by atoms with Gasteiger partial charge in [-0.15, -0.1) is 11.8 Å². The molecule has 2 heterocycles. The molecule has 2 aromatic heterocycles. The van der Waals surface area contributed by atoms with Gasteiger partial charge in [-0.3, -0.25) is 4.79 Å². The number of para-hydroxylation sites is 1. The molecule has 0 aliphatic carbocycles. The molecule has 0 radical (unpaired) electrons. The predicted molar refractivity (Wildman–Crippen MR) is 174 cm³/mol. The third-order valence-electron chi connectivity index (χ3n) is 7.41. The van der Waals surface area contributed by atoms with Gasteiger partial charge in [0.2, 0.25) is 5.91 Å². The first-order valence-corrected chi connectivity index (χ1v) is 15.7. The highest BCUT2D eigenvalue weighted by Crippen LogP contribution is 2.31. The van der Waals surface area contributed by atoms with Crippen LogP contribution in [0.5, 0.6) is 0 Å². The summed E-state index contributed by atoms with van der Waals surface area (Å²) in [6.07, 6.45) is 4.06. The molecule has 6 aromatic rings. The van der Waals surface area contributed by atoms with Gasteiger partial charge in [-0.2, -0.15) is 0 Å². The van der Waals surface area contributed by atoms with Gasteiger partial charge in [0, 0.05) is 40.0 Å². The zero-order chi connectivity index (χ0) is 28.9. The van der Waals surface area contributed by atoms with Gasteiger partial charge in [0.1, 0.15) is 5.82 Å². The summed E-state index contributed by atoms with van der Waals surface area (Å²) in [4.78, 5) is 23.3. The number of nitrogens with zero attached hydrogens (tertiary/aromatic N) is 2. The van der Waals surface area contributed by atoms with E-state index < -0.39 is 0 Å². The summed E-state index contributed by atoms with van der Waals surface area (Å²) in [6.45, 7) is 2.78. The summed E-state index contributed by atoms with van der Waals surface area (Å²) in [7, 11) is 0. The zero-order valence-electron chi connectivity index (χ0n) is 23.5. The third kappa shape index (κ3) is 6.40. The van der Waals surface area contributed by atoms with E-state index in [9.17, 15) is 4.79 Å². The molecule has 2 N–H and O–H groups in total. The summed E-state index contributed by atoms with van der Waals surface area (Å²) < 4.78 is 2.23. The molecular formula is C35H33ClN4OS. The number of aromatic amines is 1. The number of amides is 1. The molecular weight excluding hydrogens is 560 g/mol. The Morgan fingerprint density at radius 2 is 1.79 bits per heavy atom. The molecule has 0 aliphatic rings. The average molecular weight is 593 g/mol. The standard InChI is InChI=1S/C35H33ClN4OS/c1-2-17-42-28-15-16-33-31(21-28)39-35(40(33)23-25-11-8-12-27(36)18-25)32(38-34(41)19-24-9-4-3-5-10-24)20-26-22-37-30-14-7-6-13-29(26)30/h3-16,18,21-22,32,37H,2,17,19-20,23H2,1H3,(H,38,41). The fraction of sp³-hybridized carbons (Fsp3) is 0.200. The van der Waals surface area contributed by atoms with Crippen molar-refractivity contribution in [3.63, 3.8) is 0 Å². The molecule has 0 saturated heterocycles. The number of halogens is 1. The summed E-state index contributed by atoms with van der Waals surface area (Å²) in [5, 5.41) is 5.21. The van der Waals surface area contributed by atoms with Crippen LogP contribution >= 0.6 is 23.4 Å². The van der Waals surface area contributed by atoms with Crippen LogP contribution in [0.25, 0.3) is 21.9 Å². The molecule has 42 heavy (non-hydrogen) atoms. The molecule has 1 unspecified atom stereocenters. The van der Waals surface area contributed by atoms with E-state index in [1.165, 1.54) is 4.90 Å². The van der Waals surface area contributed by atoms with Gasteiger partial charge in [-0.05, 0) is 65.3 Å². The minimum absolute atomic E-state index is 0.0356. The Hall–Kier alpha value is -4.00. The maximum Gasteiger partial charge on any atom is 0.225 e. The lowest BCUT2D eigenvalue weighted by atomic mass is 10.0. The minimum atomic E-state index is -0.348. The summed E-state index contributed by atoms with van der Waals surface area (Å²) in [5.41, 5.74) is 6.23. The van der Waals surface area contributed by atoms with Gasteiger partial charge in [0.25, 0.3) is 0 Å². The fourth-order valence-corrected chi connectivity index (χ4v) is 6.45. The smallest absolute Gasteiger partial charge is 0.225 e. The van der Waals surface area contributed by atoms with E-state index >= 15 is 0 Å².